The van der Waals surface area contributed by atoms with Crippen molar-refractivity contribution in [3.8, 4) is 0 Å². The largest absolute Gasteiger partial charge is 0.332 e. The molecule has 1 aromatic heterocycles. The smallest absolute Gasteiger partial charge is 0.277 e. The van der Waals surface area contributed by atoms with Crippen LogP contribution in [0.5, 0.6) is 0 Å². The Morgan fingerprint density at radius 3 is 2.56 bits per heavy atom. The van der Waals surface area contributed by atoms with Gasteiger partial charge in [0.1, 0.15) is 19.1 Å². The van der Waals surface area contributed by atoms with Crippen LogP contribution in [0.15, 0.2) is 48.7 Å². The second-order valence-electron chi connectivity index (χ2n) is 6.37. The molecule has 6 heteroatoms. The maximum absolute atomic E-state index is 12.5. The Bertz CT molecular complexity index is 702. The van der Waals surface area contributed by atoms with E-state index in [0.717, 1.165) is 42.6 Å². The number of carbonyl (C=O) groups excluding carboxylic acids is 1. The molecule has 2 aromatic rings. The third kappa shape index (κ3) is 4.50. The number of pyridine rings is 1. The first-order chi connectivity index (χ1) is 12.1. The molecule has 5 nitrogen and oxygen atoms in total. The molecule has 0 bridgehead atoms. The Kier molecular flexibility index (Phi) is 5.89. The van der Waals surface area contributed by atoms with E-state index in [4.69, 9.17) is 11.6 Å². The third-order valence-corrected chi connectivity index (χ3v) is 5.05. The average molecular weight is 361 g/mol. The lowest BCUT2D eigenvalue weighted by Gasteiger charge is -2.30. The van der Waals surface area contributed by atoms with Crippen LogP contribution in [-0.4, -0.2) is 43.5 Å². The number of amides is 1. The van der Waals surface area contributed by atoms with E-state index in [1.54, 1.807) is 0 Å². The maximum atomic E-state index is 12.5. The molecule has 1 atom stereocenters. The van der Waals surface area contributed by atoms with E-state index in [1.807, 2.05) is 47.5 Å². The van der Waals surface area contributed by atoms with Gasteiger partial charge in [0.05, 0.1) is 19.3 Å². The van der Waals surface area contributed by atoms with E-state index < -0.39 is 0 Å². The fraction of sp³-hybridized carbons (Fsp3) is 0.368. The lowest BCUT2D eigenvalue weighted by atomic mass is 10.1. The van der Waals surface area contributed by atoms with Crippen LogP contribution >= 0.6 is 11.6 Å². The van der Waals surface area contributed by atoms with Gasteiger partial charge in [-0.15, -0.1) is 0 Å². The number of nitrogens with zero attached hydrogens (tertiary/aromatic N) is 2. The van der Waals surface area contributed by atoms with Crippen molar-refractivity contribution in [2.45, 2.75) is 13.0 Å². The number of anilines is 1. The second-order valence-corrected chi connectivity index (χ2v) is 6.77. The van der Waals surface area contributed by atoms with Crippen LogP contribution in [0.2, 0.25) is 5.02 Å². The molecular formula is C19H25ClN4O+2. The number of piperazine rings is 1. The fourth-order valence-electron chi connectivity index (χ4n) is 3.16. The Hall–Kier alpha value is -2.11. The van der Waals surface area contributed by atoms with Crippen molar-refractivity contribution in [3.63, 3.8) is 0 Å². The monoisotopic (exact) mass is 360 g/mol. The maximum Gasteiger partial charge on any atom is 0.277 e. The normalized spacial score (nSPS) is 15.9. The zero-order valence-electron chi connectivity index (χ0n) is 14.5. The molecule has 25 heavy (non-hydrogen) atoms. The van der Waals surface area contributed by atoms with E-state index in [0.29, 0.717) is 6.54 Å². The highest BCUT2D eigenvalue weighted by Crippen LogP contribution is 2.19. The average Bonchev–Trinajstić information content (AvgIpc) is 2.67. The lowest BCUT2D eigenvalue weighted by Crippen LogP contribution is -2.87. The molecule has 0 unspecified atom stereocenters. The number of carbonyl (C=O) groups is 1. The van der Waals surface area contributed by atoms with Crippen LogP contribution in [0.1, 0.15) is 18.5 Å². The summed E-state index contributed by atoms with van der Waals surface area (Å²) in [5.74, 6) is 1.30. The molecule has 1 aromatic carbocycles. The number of hydrogen-bond acceptors (Lipinski definition) is 2. The quantitative estimate of drug-likeness (QED) is 0.869. The summed E-state index contributed by atoms with van der Waals surface area (Å²) in [6, 6.07) is 14.0. The van der Waals surface area contributed by atoms with E-state index >= 15 is 0 Å². The molecule has 132 valence electrons. The van der Waals surface area contributed by atoms with Gasteiger partial charge in [-0.2, -0.15) is 0 Å². The minimum Gasteiger partial charge on any atom is -0.332 e. The molecule has 1 aliphatic rings. The highest BCUT2D eigenvalue weighted by molar-refractivity contribution is 6.31. The van der Waals surface area contributed by atoms with Gasteiger partial charge in [0.2, 0.25) is 0 Å². The van der Waals surface area contributed by atoms with E-state index in [-0.39, 0.29) is 11.9 Å². The molecule has 0 saturated carbocycles. The Morgan fingerprint density at radius 1 is 1.16 bits per heavy atom. The summed E-state index contributed by atoms with van der Waals surface area (Å²) in [4.78, 5) is 20.0. The highest BCUT2D eigenvalue weighted by Gasteiger charge is 2.27. The molecule has 0 radical (unpaired) electrons. The summed E-state index contributed by atoms with van der Waals surface area (Å²) in [6.45, 7) is 5.76. The van der Waals surface area contributed by atoms with Crippen molar-refractivity contribution in [2.75, 3.05) is 37.6 Å². The highest BCUT2D eigenvalue weighted by atomic mass is 35.5. The van der Waals surface area contributed by atoms with Crippen LogP contribution < -0.4 is 15.2 Å². The molecule has 0 aliphatic carbocycles. The predicted octanol–water partition coefficient (Wildman–Crippen LogP) is 1.13. The lowest BCUT2D eigenvalue weighted by molar-refractivity contribution is -0.683. The minimum absolute atomic E-state index is 0.165. The van der Waals surface area contributed by atoms with Crippen molar-refractivity contribution >= 4 is 23.3 Å². The standard InChI is InChI=1S/C19H23ClN4O/c1-15(16-6-2-3-7-17(16)20)22-14-19(25)24-12-10-23(11-13-24)18-8-4-5-9-21-18/h2-9,15,22H,10-14H2,1H3/p+2/t15-/m0/s1. The van der Waals surface area contributed by atoms with Gasteiger partial charge in [-0.3, -0.25) is 9.69 Å². The first-order valence-electron chi connectivity index (χ1n) is 8.72. The summed E-state index contributed by atoms with van der Waals surface area (Å²) >= 11 is 6.23. The predicted molar refractivity (Wildman–Crippen MR) is 98.5 cm³/mol. The van der Waals surface area contributed by atoms with Crippen molar-refractivity contribution in [1.29, 1.82) is 0 Å². The molecule has 3 N–H and O–H groups in total. The van der Waals surface area contributed by atoms with Crippen molar-refractivity contribution in [1.82, 2.24) is 4.90 Å². The van der Waals surface area contributed by atoms with Crippen LogP contribution in [0.3, 0.4) is 0 Å². The number of benzene rings is 1. The van der Waals surface area contributed by atoms with Crippen molar-refractivity contribution in [3.05, 3.63) is 59.2 Å². The molecule has 1 amide bonds. The minimum atomic E-state index is 0.165. The van der Waals surface area contributed by atoms with Gasteiger partial charge in [0.15, 0.2) is 6.54 Å². The summed E-state index contributed by atoms with van der Waals surface area (Å²) in [6.07, 6.45) is 1.93. The van der Waals surface area contributed by atoms with E-state index in [2.05, 4.69) is 28.2 Å². The Morgan fingerprint density at radius 2 is 1.88 bits per heavy atom. The molecule has 1 aliphatic heterocycles. The Balaban J connectivity index is 1.47. The van der Waals surface area contributed by atoms with Gasteiger partial charge in [-0.25, -0.2) is 4.98 Å². The third-order valence-electron chi connectivity index (χ3n) is 4.71. The Labute approximate surface area is 153 Å². The van der Waals surface area contributed by atoms with Gasteiger partial charge >= 0.3 is 0 Å². The van der Waals surface area contributed by atoms with Crippen LogP contribution in [-0.2, 0) is 4.79 Å². The summed E-state index contributed by atoms with van der Waals surface area (Å²) in [5.41, 5.74) is 1.07. The number of H-pyrrole nitrogens is 1. The second kappa shape index (κ2) is 8.32. The van der Waals surface area contributed by atoms with Crippen LogP contribution in [0.25, 0.3) is 0 Å². The van der Waals surface area contributed by atoms with E-state index in [9.17, 15) is 4.79 Å². The molecular weight excluding hydrogens is 336 g/mol. The van der Waals surface area contributed by atoms with Gasteiger partial charge in [0.25, 0.3) is 11.7 Å². The number of nitrogens with one attached hydrogen (secondary N) is 1. The molecule has 0 spiro atoms. The zero-order chi connectivity index (χ0) is 17.6. The number of aromatic amines is 1. The molecule has 3 rings (SSSR count). The molecule has 2 heterocycles. The van der Waals surface area contributed by atoms with Crippen molar-refractivity contribution in [2.24, 2.45) is 0 Å². The number of nitrogens with two attached hydrogens (primary N) is 1. The SMILES string of the molecule is C[C@H]([NH2+]CC(=O)N1CCN(c2cccc[nH+]2)CC1)c1ccccc1Cl. The van der Waals surface area contributed by atoms with Gasteiger partial charge in [-0.05, 0) is 19.1 Å². The van der Waals surface area contributed by atoms with Gasteiger partial charge in [0, 0.05) is 16.7 Å². The number of aromatic nitrogens is 1. The van der Waals surface area contributed by atoms with Crippen molar-refractivity contribution < 1.29 is 15.1 Å². The van der Waals surface area contributed by atoms with Gasteiger partial charge in [-0.1, -0.05) is 35.9 Å². The number of hydrogen-bond donors (Lipinski definition) is 1. The molecule has 1 saturated heterocycles. The topological polar surface area (TPSA) is 54.3 Å². The summed E-state index contributed by atoms with van der Waals surface area (Å²) in [5, 5.41) is 2.81. The number of rotatable bonds is 5. The fourth-order valence-corrected chi connectivity index (χ4v) is 3.46. The first-order valence-corrected chi connectivity index (χ1v) is 9.10. The summed E-state index contributed by atoms with van der Waals surface area (Å²) in [7, 11) is 0. The number of quaternary nitrogens is 1. The van der Waals surface area contributed by atoms with Crippen LogP contribution in [0, 0.1) is 0 Å². The van der Waals surface area contributed by atoms with Gasteiger partial charge < -0.3 is 10.2 Å². The summed E-state index contributed by atoms with van der Waals surface area (Å²) < 4.78 is 0. The van der Waals surface area contributed by atoms with E-state index in [1.165, 1.54) is 0 Å². The molecule has 1 fully saturated rings. The number of halogens is 1. The van der Waals surface area contributed by atoms with Crippen LogP contribution in [0.4, 0.5) is 5.82 Å². The zero-order valence-corrected chi connectivity index (χ0v) is 15.2. The first kappa shape index (κ1) is 17.7.